The fourth-order valence-electron chi connectivity index (χ4n) is 5.04. The number of hydrogen-bond acceptors (Lipinski definition) is 0. The molecule has 0 radical (unpaired) electrons. The number of para-hydroxylation sites is 1. The van der Waals surface area contributed by atoms with E-state index in [-0.39, 0.29) is 0 Å². The minimum absolute atomic E-state index is 0.521. The second kappa shape index (κ2) is 6.10. The predicted molar refractivity (Wildman–Crippen MR) is 118 cm³/mol. The van der Waals surface area contributed by atoms with Gasteiger partial charge in [-0.15, -0.1) is 0 Å². The normalized spacial score (nSPS) is 15.9. The summed E-state index contributed by atoms with van der Waals surface area (Å²) < 4.78 is 2.56. The van der Waals surface area contributed by atoms with E-state index < -0.39 is 0 Å². The van der Waals surface area contributed by atoms with Gasteiger partial charge in [-0.3, -0.25) is 0 Å². The standard InChI is InChI=1S/C27H21N/c1-2-10-20(11-3-1)27-24-14-6-7-16-25(24)28-18-21(17-26(27)28)23-15-8-12-19-9-4-5-13-22(19)23/h1-16,21H,17-18H2. The Morgan fingerprint density at radius 1 is 0.643 bits per heavy atom. The van der Waals surface area contributed by atoms with Gasteiger partial charge in [-0.2, -0.15) is 0 Å². The second-order valence-electron chi connectivity index (χ2n) is 7.78. The van der Waals surface area contributed by atoms with E-state index in [1.165, 1.54) is 44.1 Å². The van der Waals surface area contributed by atoms with Crippen LogP contribution in [0.3, 0.4) is 0 Å². The molecule has 2 heterocycles. The summed E-state index contributed by atoms with van der Waals surface area (Å²) in [5.74, 6) is 0.521. The molecule has 134 valence electrons. The summed E-state index contributed by atoms with van der Waals surface area (Å²) in [6, 6.07) is 35.3. The summed E-state index contributed by atoms with van der Waals surface area (Å²) in [4.78, 5) is 0. The van der Waals surface area contributed by atoms with Gasteiger partial charge in [-0.1, -0.05) is 91.0 Å². The lowest BCUT2D eigenvalue weighted by molar-refractivity contribution is 0.669. The van der Waals surface area contributed by atoms with Gasteiger partial charge in [-0.05, 0) is 34.4 Å². The maximum atomic E-state index is 2.56. The molecular formula is C27H21N. The van der Waals surface area contributed by atoms with Gasteiger partial charge in [0, 0.05) is 34.6 Å². The maximum absolute atomic E-state index is 2.56. The minimum Gasteiger partial charge on any atom is -0.343 e. The van der Waals surface area contributed by atoms with Crippen LogP contribution >= 0.6 is 0 Å². The van der Waals surface area contributed by atoms with Crippen molar-refractivity contribution in [3.8, 4) is 11.1 Å². The van der Waals surface area contributed by atoms with E-state index in [9.17, 15) is 0 Å². The van der Waals surface area contributed by atoms with E-state index in [0.29, 0.717) is 5.92 Å². The van der Waals surface area contributed by atoms with Crippen molar-refractivity contribution in [2.45, 2.75) is 18.9 Å². The molecule has 4 aromatic carbocycles. The van der Waals surface area contributed by atoms with Crippen molar-refractivity contribution in [3.05, 3.63) is 108 Å². The van der Waals surface area contributed by atoms with E-state index in [4.69, 9.17) is 0 Å². The van der Waals surface area contributed by atoms with Gasteiger partial charge in [0.1, 0.15) is 0 Å². The highest BCUT2D eigenvalue weighted by Crippen LogP contribution is 2.43. The SMILES string of the molecule is c1ccc(-c2c3n(c4ccccc24)CC(c2cccc4ccccc24)C3)cc1. The van der Waals surface area contributed by atoms with Crippen LogP contribution in [0.5, 0.6) is 0 Å². The topological polar surface area (TPSA) is 4.93 Å². The third-order valence-electron chi connectivity index (χ3n) is 6.25. The van der Waals surface area contributed by atoms with Crippen LogP contribution < -0.4 is 0 Å². The lowest BCUT2D eigenvalue weighted by Gasteiger charge is -2.14. The van der Waals surface area contributed by atoms with Gasteiger partial charge < -0.3 is 4.57 Å². The molecule has 1 aliphatic heterocycles. The Hall–Kier alpha value is -3.32. The van der Waals surface area contributed by atoms with Crippen molar-refractivity contribution < 1.29 is 0 Å². The van der Waals surface area contributed by atoms with Crippen molar-refractivity contribution in [3.63, 3.8) is 0 Å². The third kappa shape index (κ3) is 2.26. The summed E-state index contributed by atoms with van der Waals surface area (Å²) in [6.45, 7) is 1.05. The molecule has 0 N–H and O–H groups in total. The molecule has 0 spiro atoms. The number of rotatable bonds is 2. The predicted octanol–water partition coefficient (Wildman–Crippen LogP) is 6.80. The van der Waals surface area contributed by atoms with Crippen molar-refractivity contribution in [1.82, 2.24) is 4.57 Å². The largest absolute Gasteiger partial charge is 0.343 e. The summed E-state index contributed by atoms with van der Waals surface area (Å²) >= 11 is 0. The zero-order valence-corrected chi connectivity index (χ0v) is 15.7. The first-order chi connectivity index (χ1) is 13.9. The Morgan fingerprint density at radius 2 is 1.36 bits per heavy atom. The Bertz CT molecular complexity index is 1310. The highest BCUT2D eigenvalue weighted by atomic mass is 15.0. The van der Waals surface area contributed by atoms with Crippen LogP contribution in [0.15, 0.2) is 97.1 Å². The van der Waals surface area contributed by atoms with E-state index in [1.54, 1.807) is 0 Å². The average molecular weight is 359 g/mol. The van der Waals surface area contributed by atoms with Gasteiger partial charge in [-0.25, -0.2) is 0 Å². The van der Waals surface area contributed by atoms with Gasteiger partial charge in [0.25, 0.3) is 0 Å². The van der Waals surface area contributed by atoms with Gasteiger partial charge in [0.2, 0.25) is 0 Å². The van der Waals surface area contributed by atoms with Crippen molar-refractivity contribution in [2.24, 2.45) is 0 Å². The lowest BCUT2D eigenvalue weighted by Crippen LogP contribution is -2.02. The number of aromatic nitrogens is 1. The molecular weight excluding hydrogens is 338 g/mol. The van der Waals surface area contributed by atoms with Gasteiger partial charge in [0.05, 0.1) is 0 Å². The zero-order chi connectivity index (χ0) is 18.5. The van der Waals surface area contributed by atoms with E-state index in [2.05, 4.69) is 102 Å². The number of hydrogen-bond donors (Lipinski definition) is 0. The fourth-order valence-corrected chi connectivity index (χ4v) is 5.04. The molecule has 1 nitrogen and oxygen atoms in total. The summed E-state index contributed by atoms with van der Waals surface area (Å²) in [5, 5.41) is 4.11. The Labute approximate surface area is 164 Å². The minimum atomic E-state index is 0.521. The van der Waals surface area contributed by atoms with Crippen LogP contribution in [-0.2, 0) is 13.0 Å². The average Bonchev–Trinajstić information content (AvgIpc) is 3.31. The molecule has 28 heavy (non-hydrogen) atoms. The smallest absolute Gasteiger partial charge is 0.0489 e. The second-order valence-corrected chi connectivity index (χ2v) is 7.78. The van der Waals surface area contributed by atoms with Crippen LogP contribution in [0.25, 0.3) is 32.8 Å². The van der Waals surface area contributed by atoms with Crippen LogP contribution in [0.2, 0.25) is 0 Å². The van der Waals surface area contributed by atoms with E-state index >= 15 is 0 Å². The molecule has 0 fully saturated rings. The van der Waals surface area contributed by atoms with Crippen LogP contribution in [0.4, 0.5) is 0 Å². The Balaban J connectivity index is 1.54. The highest BCUT2D eigenvalue weighted by molar-refractivity contribution is 5.98. The van der Waals surface area contributed by atoms with Gasteiger partial charge >= 0.3 is 0 Å². The first-order valence-electron chi connectivity index (χ1n) is 10.0. The Morgan fingerprint density at radius 3 is 2.25 bits per heavy atom. The summed E-state index contributed by atoms with van der Waals surface area (Å²) in [7, 11) is 0. The van der Waals surface area contributed by atoms with Crippen molar-refractivity contribution >= 4 is 21.7 Å². The van der Waals surface area contributed by atoms with Gasteiger partial charge in [0.15, 0.2) is 0 Å². The first kappa shape index (κ1) is 15.7. The summed E-state index contributed by atoms with van der Waals surface area (Å²) in [6.07, 6.45) is 1.09. The molecule has 0 saturated carbocycles. The fraction of sp³-hybridized carbons (Fsp3) is 0.111. The number of nitrogens with zero attached hydrogens (tertiary/aromatic N) is 1. The Kier molecular flexibility index (Phi) is 3.42. The van der Waals surface area contributed by atoms with Crippen molar-refractivity contribution in [1.29, 1.82) is 0 Å². The van der Waals surface area contributed by atoms with Crippen LogP contribution in [0, 0.1) is 0 Å². The number of fused-ring (bicyclic) bond motifs is 4. The highest BCUT2D eigenvalue weighted by Gasteiger charge is 2.29. The van der Waals surface area contributed by atoms with Crippen LogP contribution in [0.1, 0.15) is 17.2 Å². The molecule has 0 amide bonds. The van der Waals surface area contributed by atoms with E-state index in [1.807, 2.05) is 0 Å². The quantitative estimate of drug-likeness (QED) is 0.326. The molecule has 0 aliphatic carbocycles. The zero-order valence-electron chi connectivity index (χ0n) is 15.7. The maximum Gasteiger partial charge on any atom is 0.0489 e. The molecule has 1 aliphatic rings. The molecule has 1 aromatic heterocycles. The first-order valence-corrected chi connectivity index (χ1v) is 10.0. The molecule has 5 aromatic rings. The molecule has 1 atom stereocenters. The molecule has 1 unspecified atom stereocenters. The number of benzene rings is 4. The molecule has 0 saturated heterocycles. The van der Waals surface area contributed by atoms with E-state index in [0.717, 1.165) is 13.0 Å². The monoisotopic (exact) mass is 359 g/mol. The lowest BCUT2D eigenvalue weighted by atomic mass is 9.90. The summed E-state index contributed by atoms with van der Waals surface area (Å²) in [5.41, 5.74) is 7.05. The molecule has 0 bridgehead atoms. The third-order valence-corrected chi connectivity index (χ3v) is 6.25. The molecule has 6 rings (SSSR count). The molecule has 1 heteroatoms. The van der Waals surface area contributed by atoms with Crippen molar-refractivity contribution in [2.75, 3.05) is 0 Å². The van der Waals surface area contributed by atoms with Crippen LogP contribution in [-0.4, -0.2) is 4.57 Å².